The number of nitrogens with zero attached hydrogens (tertiary/aromatic N) is 1. The molecule has 0 amide bonds. The van der Waals surface area contributed by atoms with Crippen molar-refractivity contribution in [2.75, 3.05) is 0 Å². The van der Waals surface area contributed by atoms with Crippen LogP contribution >= 0.6 is 0 Å². The average Bonchev–Trinajstić information content (AvgIpc) is 2.50. The summed E-state index contributed by atoms with van der Waals surface area (Å²) in [6, 6.07) is 1.85. The Morgan fingerprint density at radius 3 is 3.00 bits per heavy atom. The molecule has 0 atom stereocenters. The van der Waals surface area contributed by atoms with Crippen LogP contribution in [0.15, 0.2) is 21.8 Å². The van der Waals surface area contributed by atoms with E-state index < -0.39 is 0 Å². The van der Waals surface area contributed by atoms with Crippen LogP contribution in [-0.2, 0) is 6.42 Å². The second kappa shape index (κ2) is 3.09. The Morgan fingerprint density at radius 1 is 1.73 bits per heavy atom. The standard InChI is InChI=1S/C7H11N3O/c1-2-5-3-4-11-6(5)7(8)10-9/h3-4H,2,9H2,1H3,(H2,8,10). The topological polar surface area (TPSA) is 77.5 Å². The number of rotatable bonds is 2. The largest absolute Gasteiger partial charge is 0.461 e. The molecule has 60 valence electrons. The van der Waals surface area contributed by atoms with Crippen molar-refractivity contribution in [3.05, 3.63) is 23.7 Å². The Balaban J connectivity index is 3.02. The number of furan rings is 1. The molecule has 0 bridgehead atoms. The van der Waals surface area contributed by atoms with Crippen LogP contribution in [0.1, 0.15) is 18.2 Å². The van der Waals surface area contributed by atoms with E-state index in [4.69, 9.17) is 16.0 Å². The van der Waals surface area contributed by atoms with Gasteiger partial charge in [0.1, 0.15) is 0 Å². The molecule has 4 N–H and O–H groups in total. The average molecular weight is 153 g/mol. The zero-order chi connectivity index (χ0) is 8.27. The molecule has 4 heteroatoms. The molecular formula is C7H11N3O. The lowest BCUT2D eigenvalue weighted by Gasteiger charge is -1.95. The fourth-order valence-electron chi connectivity index (χ4n) is 0.897. The highest BCUT2D eigenvalue weighted by Crippen LogP contribution is 2.09. The van der Waals surface area contributed by atoms with Gasteiger partial charge in [-0.05, 0) is 12.5 Å². The quantitative estimate of drug-likeness (QED) is 0.280. The van der Waals surface area contributed by atoms with Crippen LogP contribution in [0.3, 0.4) is 0 Å². The van der Waals surface area contributed by atoms with Gasteiger partial charge in [0.05, 0.1) is 6.26 Å². The number of hydrogen-bond acceptors (Lipinski definition) is 3. The van der Waals surface area contributed by atoms with Crippen LogP contribution in [0.5, 0.6) is 0 Å². The van der Waals surface area contributed by atoms with Crippen molar-refractivity contribution < 1.29 is 4.42 Å². The van der Waals surface area contributed by atoms with Crippen molar-refractivity contribution in [2.24, 2.45) is 16.7 Å². The van der Waals surface area contributed by atoms with E-state index in [1.54, 1.807) is 6.26 Å². The van der Waals surface area contributed by atoms with Gasteiger partial charge in [-0.2, -0.15) is 5.10 Å². The van der Waals surface area contributed by atoms with Gasteiger partial charge in [0.15, 0.2) is 11.6 Å². The molecule has 0 fully saturated rings. The Kier molecular flexibility index (Phi) is 2.15. The smallest absolute Gasteiger partial charge is 0.186 e. The normalized spacial score (nSPS) is 11.9. The molecule has 0 aliphatic rings. The molecule has 11 heavy (non-hydrogen) atoms. The van der Waals surface area contributed by atoms with E-state index in [-0.39, 0.29) is 5.84 Å². The zero-order valence-corrected chi connectivity index (χ0v) is 6.37. The highest BCUT2D eigenvalue weighted by atomic mass is 16.3. The molecule has 0 radical (unpaired) electrons. The number of aryl methyl sites for hydroxylation is 1. The van der Waals surface area contributed by atoms with Gasteiger partial charge < -0.3 is 16.0 Å². The van der Waals surface area contributed by atoms with Gasteiger partial charge in [0.25, 0.3) is 0 Å². The molecule has 0 aliphatic heterocycles. The molecule has 0 saturated heterocycles. The van der Waals surface area contributed by atoms with E-state index in [9.17, 15) is 0 Å². The van der Waals surface area contributed by atoms with E-state index in [1.165, 1.54) is 0 Å². The van der Waals surface area contributed by atoms with Gasteiger partial charge in [-0.1, -0.05) is 6.92 Å². The molecule has 0 spiro atoms. The minimum atomic E-state index is 0.242. The fourth-order valence-corrected chi connectivity index (χ4v) is 0.897. The summed E-state index contributed by atoms with van der Waals surface area (Å²) in [7, 11) is 0. The van der Waals surface area contributed by atoms with E-state index >= 15 is 0 Å². The van der Waals surface area contributed by atoms with E-state index in [1.807, 2.05) is 13.0 Å². The molecular weight excluding hydrogens is 142 g/mol. The van der Waals surface area contributed by atoms with E-state index in [0.717, 1.165) is 12.0 Å². The third-order valence-electron chi connectivity index (χ3n) is 1.50. The summed E-state index contributed by atoms with van der Waals surface area (Å²) in [5.41, 5.74) is 6.47. The Bertz CT molecular complexity index is 264. The second-order valence-corrected chi connectivity index (χ2v) is 2.14. The molecule has 1 aromatic heterocycles. The summed E-state index contributed by atoms with van der Waals surface area (Å²) in [5.74, 6) is 5.81. The van der Waals surface area contributed by atoms with Gasteiger partial charge in [0, 0.05) is 5.56 Å². The van der Waals surface area contributed by atoms with Crippen LogP contribution in [0.4, 0.5) is 0 Å². The maximum absolute atomic E-state index is 5.45. The summed E-state index contributed by atoms with van der Waals surface area (Å²) in [4.78, 5) is 0. The first-order chi connectivity index (χ1) is 5.29. The zero-order valence-electron chi connectivity index (χ0n) is 6.37. The van der Waals surface area contributed by atoms with Crippen LogP contribution in [0.2, 0.25) is 0 Å². The van der Waals surface area contributed by atoms with Crippen molar-refractivity contribution in [1.82, 2.24) is 0 Å². The second-order valence-electron chi connectivity index (χ2n) is 2.14. The Hall–Kier alpha value is -1.45. The highest BCUT2D eigenvalue weighted by Gasteiger charge is 2.07. The minimum absolute atomic E-state index is 0.242. The molecule has 1 aromatic rings. The first-order valence-corrected chi connectivity index (χ1v) is 3.39. The first-order valence-electron chi connectivity index (χ1n) is 3.39. The highest BCUT2D eigenvalue weighted by molar-refractivity contribution is 5.95. The molecule has 0 aromatic carbocycles. The van der Waals surface area contributed by atoms with Crippen molar-refractivity contribution >= 4 is 5.84 Å². The van der Waals surface area contributed by atoms with Gasteiger partial charge in [0.2, 0.25) is 0 Å². The lowest BCUT2D eigenvalue weighted by atomic mass is 10.2. The lowest BCUT2D eigenvalue weighted by Crippen LogP contribution is -2.16. The number of nitrogens with two attached hydrogens (primary N) is 2. The Morgan fingerprint density at radius 2 is 2.45 bits per heavy atom. The van der Waals surface area contributed by atoms with Crippen LogP contribution < -0.4 is 11.6 Å². The third-order valence-corrected chi connectivity index (χ3v) is 1.50. The van der Waals surface area contributed by atoms with Crippen LogP contribution in [-0.4, -0.2) is 5.84 Å². The first kappa shape index (κ1) is 7.65. The van der Waals surface area contributed by atoms with Gasteiger partial charge in [-0.3, -0.25) is 0 Å². The van der Waals surface area contributed by atoms with Crippen LogP contribution in [0, 0.1) is 0 Å². The molecule has 1 rings (SSSR count). The SMILES string of the molecule is CCc1ccoc1/C(N)=N/N. The summed E-state index contributed by atoms with van der Waals surface area (Å²) >= 11 is 0. The number of hydrazone groups is 1. The van der Waals surface area contributed by atoms with Gasteiger partial charge >= 0.3 is 0 Å². The molecule has 0 unspecified atom stereocenters. The number of amidine groups is 1. The third kappa shape index (κ3) is 1.34. The van der Waals surface area contributed by atoms with Gasteiger partial charge in [-0.25, -0.2) is 0 Å². The maximum atomic E-state index is 5.45. The summed E-state index contributed by atoms with van der Waals surface area (Å²) in [5, 5.41) is 3.34. The Labute approximate surface area is 64.9 Å². The summed E-state index contributed by atoms with van der Waals surface area (Å²) in [6.45, 7) is 2.01. The lowest BCUT2D eigenvalue weighted by molar-refractivity contribution is 0.553. The predicted molar refractivity (Wildman–Crippen MR) is 43.0 cm³/mol. The van der Waals surface area contributed by atoms with E-state index in [0.29, 0.717) is 5.76 Å². The molecule has 0 aliphatic carbocycles. The fraction of sp³-hybridized carbons (Fsp3) is 0.286. The minimum Gasteiger partial charge on any atom is -0.461 e. The molecule has 0 saturated carbocycles. The van der Waals surface area contributed by atoms with Crippen molar-refractivity contribution in [3.63, 3.8) is 0 Å². The molecule has 4 nitrogen and oxygen atoms in total. The van der Waals surface area contributed by atoms with Gasteiger partial charge in [-0.15, -0.1) is 0 Å². The van der Waals surface area contributed by atoms with Crippen LogP contribution in [0.25, 0.3) is 0 Å². The maximum Gasteiger partial charge on any atom is 0.186 e. The van der Waals surface area contributed by atoms with Crippen molar-refractivity contribution in [3.8, 4) is 0 Å². The number of hydrogen-bond donors (Lipinski definition) is 2. The molecule has 1 heterocycles. The van der Waals surface area contributed by atoms with Crippen molar-refractivity contribution in [2.45, 2.75) is 13.3 Å². The van der Waals surface area contributed by atoms with E-state index in [2.05, 4.69) is 5.10 Å². The summed E-state index contributed by atoms with van der Waals surface area (Å²) < 4.78 is 5.07. The van der Waals surface area contributed by atoms with Crippen molar-refractivity contribution in [1.29, 1.82) is 0 Å². The summed E-state index contributed by atoms with van der Waals surface area (Å²) in [6.07, 6.45) is 2.44. The monoisotopic (exact) mass is 153 g/mol. The predicted octanol–water partition coefficient (Wildman–Crippen LogP) is 0.421.